The molecule has 0 saturated carbocycles. The smallest absolute Gasteiger partial charge is 0.144 e. The Kier molecular flexibility index (Phi) is 2.77. The van der Waals surface area contributed by atoms with E-state index in [-0.39, 0.29) is 0 Å². The van der Waals surface area contributed by atoms with Crippen molar-refractivity contribution in [3.63, 3.8) is 0 Å². The molecule has 2 N–H and O–H groups in total. The summed E-state index contributed by atoms with van der Waals surface area (Å²) >= 11 is 1.65. The Morgan fingerprint density at radius 3 is 3.00 bits per heavy atom. The van der Waals surface area contributed by atoms with Crippen LogP contribution in [0.15, 0.2) is 12.1 Å². The van der Waals surface area contributed by atoms with Crippen molar-refractivity contribution in [2.75, 3.05) is 12.3 Å². The molecule has 0 radical (unpaired) electrons. The molecule has 1 aromatic carbocycles. The third kappa shape index (κ3) is 2.04. The summed E-state index contributed by atoms with van der Waals surface area (Å²) in [7, 11) is 0. The third-order valence-corrected chi connectivity index (χ3v) is 3.02. The lowest BCUT2D eigenvalue weighted by atomic mass is 10.3. The van der Waals surface area contributed by atoms with Gasteiger partial charge in [0.15, 0.2) is 0 Å². The van der Waals surface area contributed by atoms with Crippen molar-refractivity contribution in [1.29, 1.82) is 0 Å². The molecular formula is C11H14N2OS. The maximum Gasteiger partial charge on any atom is 0.144 e. The van der Waals surface area contributed by atoms with Crippen LogP contribution in [-0.4, -0.2) is 11.6 Å². The maximum atomic E-state index is 5.89. The minimum atomic E-state index is 0.693. The number of anilines is 1. The Labute approximate surface area is 92.9 Å². The van der Waals surface area contributed by atoms with Gasteiger partial charge in [0.1, 0.15) is 5.75 Å². The number of aryl methyl sites for hydroxylation is 1. The zero-order chi connectivity index (χ0) is 10.8. The SMILES string of the molecule is CCCOc1cc2nc(C)sc2cc1N. The molecule has 0 unspecified atom stereocenters. The van der Waals surface area contributed by atoms with Crippen LogP contribution < -0.4 is 10.5 Å². The minimum absolute atomic E-state index is 0.693. The number of hydrogen-bond donors (Lipinski definition) is 1. The molecule has 0 aliphatic rings. The molecule has 2 rings (SSSR count). The molecule has 0 spiro atoms. The van der Waals surface area contributed by atoms with Crippen LogP contribution in [0.3, 0.4) is 0 Å². The van der Waals surface area contributed by atoms with Crippen LogP contribution in [0.2, 0.25) is 0 Å². The number of rotatable bonds is 3. The Bertz CT molecular complexity index is 479. The van der Waals surface area contributed by atoms with E-state index in [9.17, 15) is 0 Å². The number of nitrogens with two attached hydrogens (primary N) is 1. The normalized spacial score (nSPS) is 10.8. The molecule has 4 heteroatoms. The van der Waals surface area contributed by atoms with Crippen LogP contribution in [0.25, 0.3) is 10.2 Å². The van der Waals surface area contributed by atoms with Crippen molar-refractivity contribution < 1.29 is 4.74 Å². The number of fused-ring (bicyclic) bond motifs is 1. The fourth-order valence-corrected chi connectivity index (χ4v) is 2.28. The summed E-state index contributed by atoms with van der Waals surface area (Å²) in [6.45, 7) is 4.76. The standard InChI is InChI=1S/C11H14N2OS/c1-3-4-14-10-6-9-11(5-8(10)12)15-7(2)13-9/h5-6H,3-4,12H2,1-2H3. The zero-order valence-corrected chi connectivity index (χ0v) is 9.73. The fourth-order valence-electron chi connectivity index (χ4n) is 1.42. The molecule has 2 aromatic rings. The summed E-state index contributed by atoms with van der Waals surface area (Å²) in [5.74, 6) is 0.745. The van der Waals surface area contributed by atoms with Gasteiger partial charge in [-0.3, -0.25) is 0 Å². The van der Waals surface area contributed by atoms with Gasteiger partial charge in [0.05, 0.1) is 27.5 Å². The summed E-state index contributed by atoms with van der Waals surface area (Å²) in [5, 5.41) is 1.05. The molecular weight excluding hydrogens is 208 g/mol. The predicted molar refractivity (Wildman–Crippen MR) is 64.6 cm³/mol. The van der Waals surface area contributed by atoms with Crippen molar-refractivity contribution >= 4 is 27.2 Å². The number of benzene rings is 1. The number of hydrogen-bond acceptors (Lipinski definition) is 4. The van der Waals surface area contributed by atoms with Crippen LogP contribution in [0.1, 0.15) is 18.4 Å². The largest absolute Gasteiger partial charge is 0.491 e. The van der Waals surface area contributed by atoms with Gasteiger partial charge in [-0.25, -0.2) is 4.98 Å². The first-order valence-electron chi connectivity index (χ1n) is 5.00. The van der Waals surface area contributed by atoms with Crippen molar-refractivity contribution in [2.24, 2.45) is 0 Å². The van der Waals surface area contributed by atoms with E-state index in [0.29, 0.717) is 12.3 Å². The molecule has 80 valence electrons. The van der Waals surface area contributed by atoms with E-state index in [1.807, 2.05) is 19.1 Å². The highest BCUT2D eigenvalue weighted by atomic mass is 32.1. The van der Waals surface area contributed by atoms with Crippen molar-refractivity contribution in [1.82, 2.24) is 4.98 Å². The van der Waals surface area contributed by atoms with Gasteiger partial charge in [0.25, 0.3) is 0 Å². The summed E-state index contributed by atoms with van der Waals surface area (Å²) in [6, 6.07) is 3.86. The Balaban J connectivity index is 2.42. The van der Waals surface area contributed by atoms with Gasteiger partial charge in [-0.1, -0.05) is 6.92 Å². The van der Waals surface area contributed by atoms with E-state index in [0.717, 1.165) is 27.4 Å². The first-order chi connectivity index (χ1) is 7.20. The highest BCUT2D eigenvalue weighted by molar-refractivity contribution is 7.18. The zero-order valence-electron chi connectivity index (χ0n) is 8.91. The van der Waals surface area contributed by atoms with Crippen molar-refractivity contribution in [3.8, 4) is 5.75 Å². The second-order valence-electron chi connectivity index (χ2n) is 3.44. The molecule has 1 aromatic heterocycles. The summed E-state index contributed by atoms with van der Waals surface area (Å²) < 4.78 is 6.66. The van der Waals surface area contributed by atoms with Crippen LogP contribution >= 0.6 is 11.3 Å². The molecule has 0 aliphatic carbocycles. The average Bonchev–Trinajstić information content (AvgIpc) is 2.53. The van der Waals surface area contributed by atoms with Gasteiger partial charge in [0, 0.05) is 6.07 Å². The lowest BCUT2D eigenvalue weighted by molar-refractivity contribution is 0.319. The van der Waals surface area contributed by atoms with Gasteiger partial charge in [-0.2, -0.15) is 0 Å². The second-order valence-corrected chi connectivity index (χ2v) is 4.67. The highest BCUT2D eigenvalue weighted by Gasteiger charge is 2.06. The fraction of sp³-hybridized carbons (Fsp3) is 0.364. The highest BCUT2D eigenvalue weighted by Crippen LogP contribution is 2.31. The Hall–Kier alpha value is -1.29. The summed E-state index contributed by atoms with van der Waals surface area (Å²) in [6.07, 6.45) is 0.980. The molecule has 0 atom stereocenters. The van der Waals surface area contributed by atoms with E-state index in [1.54, 1.807) is 11.3 Å². The quantitative estimate of drug-likeness (QED) is 0.812. The summed E-state index contributed by atoms with van der Waals surface area (Å²) in [4.78, 5) is 4.41. The summed E-state index contributed by atoms with van der Waals surface area (Å²) in [5.41, 5.74) is 7.55. The van der Waals surface area contributed by atoms with Gasteiger partial charge < -0.3 is 10.5 Å². The molecule has 3 nitrogen and oxygen atoms in total. The second kappa shape index (κ2) is 4.06. The molecule has 0 aliphatic heterocycles. The lowest BCUT2D eigenvalue weighted by Crippen LogP contribution is -1.98. The van der Waals surface area contributed by atoms with Crippen molar-refractivity contribution in [3.05, 3.63) is 17.1 Å². The number of ether oxygens (including phenoxy) is 1. The van der Waals surface area contributed by atoms with E-state index < -0.39 is 0 Å². The van der Waals surface area contributed by atoms with Crippen LogP contribution in [0.5, 0.6) is 5.75 Å². The first-order valence-corrected chi connectivity index (χ1v) is 5.82. The van der Waals surface area contributed by atoms with Crippen molar-refractivity contribution in [2.45, 2.75) is 20.3 Å². The molecule has 15 heavy (non-hydrogen) atoms. The average molecular weight is 222 g/mol. The van der Waals surface area contributed by atoms with Crippen LogP contribution in [-0.2, 0) is 0 Å². The first kappa shape index (κ1) is 10.2. The molecule has 0 bridgehead atoms. The van der Waals surface area contributed by atoms with E-state index in [1.165, 1.54) is 0 Å². The van der Waals surface area contributed by atoms with Gasteiger partial charge in [0.2, 0.25) is 0 Å². The molecule has 0 fully saturated rings. The number of nitrogen functional groups attached to an aromatic ring is 1. The lowest BCUT2D eigenvalue weighted by Gasteiger charge is -2.06. The third-order valence-electron chi connectivity index (χ3n) is 2.09. The minimum Gasteiger partial charge on any atom is -0.491 e. The molecule has 0 saturated heterocycles. The molecule has 0 amide bonds. The van der Waals surface area contributed by atoms with Gasteiger partial charge >= 0.3 is 0 Å². The van der Waals surface area contributed by atoms with E-state index >= 15 is 0 Å². The van der Waals surface area contributed by atoms with E-state index in [4.69, 9.17) is 10.5 Å². The topological polar surface area (TPSA) is 48.1 Å². The Morgan fingerprint density at radius 2 is 2.27 bits per heavy atom. The van der Waals surface area contributed by atoms with E-state index in [2.05, 4.69) is 11.9 Å². The number of aromatic nitrogens is 1. The maximum absolute atomic E-state index is 5.89. The predicted octanol–water partition coefficient (Wildman–Crippen LogP) is 2.98. The molecule has 1 heterocycles. The number of thiazole rings is 1. The van der Waals surface area contributed by atoms with Gasteiger partial charge in [-0.05, 0) is 19.4 Å². The van der Waals surface area contributed by atoms with Crippen LogP contribution in [0, 0.1) is 6.92 Å². The van der Waals surface area contributed by atoms with Gasteiger partial charge in [-0.15, -0.1) is 11.3 Å². The Morgan fingerprint density at radius 1 is 1.47 bits per heavy atom. The monoisotopic (exact) mass is 222 g/mol. The van der Waals surface area contributed by atoms with Crippen LogP contribution in [0.4, 0.5) is 5.69 Å². The number of nitrogens with zero attached hydrogens (tertiary/aromatic N) is 1.